The minimum atomic E-state index is -0.294. The number of hydrogen-bond donors (Lipinski definition) is 1. The lowest BCUT2D eigenvalue weighted by molar-refractivity contribution is 0.184. The Labute approximate surface area is 214 Å². The van der Waals surface area contributed by atoms with E-state index in [0.717, 1.165) is 22.2 Å². The molecule has 0 saturated carbocycles. The summed E-state index contributed by atoms with van der Waals surface area (Å²) in [5.74, 6) is 0.475. The molecule has 4 aromatic rings. The van der Waals surface area contributed by atoms with E-state index < -0.39 is 0 Å². The molecule has 2 amide bonds. The third-order valence-electron chi connectivity index (χ3n) is 6.24. The van der Waals surface area contributed by atoms with Gasteiger partial charge in [-0.15, -0.1) is 22.6 Å². The van der Waals surface area contributed by atoms with Gasteiger partial charge < -0.3 is 15.1 Å². The summed E-state index contributed by atoms with van der Waals surface area (Å²) in [6.45, 7) is 3.75. The SMILES string of the molecule is C[C@@H]1CN(c2nnc(-c3ccc(F)cc3)c3ccccc23)CCN1C(=O)Nc1ccc(C#N)cc1.Cl. The van der Waals surface area contributed by atoms with E-state index in [1.54, 1.807) is 41.3 Å². The number of aromatic nitrogens is 2. The van der Waals surface area contributed by atoms with E-state index in [-0.39, 0.29) is 30.3 Å². The number of benzene rings is 3. The lowest BCUT2D eigenvalue weighted by atomic mass is 10.0. The number of anilines is 2. The standard InChI is InChI=1S/C27H23FN6O.ClH/c1-18-17-33(14-15-34(18)27(35)30-22-12-6-19(16-29)7-13-22)26-24-5-3-2-4-23(24)25(31-32-26)20-8-10-21(28)11-9-20;/h2-13,18H,14-15,17H2,1H3,(H,30,35);1H/t18-;/m1./s1. The maximum Gasteiger partial charge on any atom is 0.322 e. The molecule has 7 nitrogen and oxygen atoms in total. The molecule has 5 rings (SSSR count). The summed E-state index contributed by atoms with van der Waals surface area (Å²) in [7, 11) is 0. The topological polar surface area (TPSA) is 85.2 Å². The van der Waals surface area contributed by atoms with E-state index in [0.29, 0.717) is 36.6 Å². The molecule has 1 fully saturated rings. The second-order valence-corrected chi connectivity index (χ2v) is 8.53. The largest absolute Gasteiger partial charge is 0.351 e. The average molecular weight is 503 g/mol. The van der Waals surface area contributed by atoms with E-state index in [9.17, 15) is 9.18 Å². The lowest BCUT2D eigenvalue weighted by Gasteiger charge is -2.40. The minimum Gasteiger partial charge on any atom is -0.351 e. The molecule has 1 aliphatic rings. The first-order chi connectivity index (χ1) is 17.0. The molecular formula is C27H24ClFN6O. The summed E-state index contributed by atoms with van der Waals surface area (Å²) in [6, 6.07) is 22.8. The van der Waals surface area contributed by atoms with Gasteiger partial charge in [0.15, 0.2) is 5.82 Å². The molecule has 3 aromatic carbocycles. The number of nitrogens with one attached hydrogen (secondary N) is 1. The van der Waals surface area contributed by atoms with Crippen LogP contribution >= 0.6 is 12.4 Å². The Hall–Kier alpha value is -4.22. The number of fused-ring (bicyclic) bond motifs is 1. The Kier molecular flexibility index (Phi) is 7.32. The summed E-state index contributed by atoms with van der Waals surface area (Å²) in [5.41, 5.74) is 2.71. The second kappa shape index (κ2) is 10.6. The zero-order valence-corrected chi connectivity index (χ0v) is 20.4. The van der Waals surface area contributed by atoms with Crippen molar-refractivity contribution in [1.82, 2.24) is 15.1 Å². The molecule has 1 saturated heterocycles. The number of nitrogens with zero attached hydrogens (tertiary/aromatic N) is 5. The number of piperazine rings is 1. The van der Waals surface area contributed by atoms with Crippen LogP contribution in [0.1, 0.15) is 12.5 Å². The number of hydrogen-bond acceptors (Lipinski definition) is 5. The Morgan fingerprint density at radius 2 is 1.69 bits per heavy atom. The monoisotopic (exact) mass is 502 g/mol. The molecule has 182 valence electrons. The molecule has 0 radical (unpaired) electrons. The number of carbonyl (C=O) groups excluding carboxylic acids is 1. The van der Waals surface area contributed by atoms with Gasteiger partial charge in [-0.1, -0.05) is 24.3 Å². The molecule has 1 aromatic heterocycles. The number of rotatable bonds is 3. The maximum absolute atomic E-state index is 13.4. The zero-order valence-electron chi connectivity index (χ0n) is 19.6. The molecule has 1 atom stereocenters. The molecule has 0 bridgehead atoms. The van der Waals surface area contributed by atoms with Crippen LogP contribution in [0.25, 0.3) is 22.0 Å². The van der Waals surface area contributed by atoms with E-state index >= 15 is 0 Å². The van der Waals surface area contributed by atoms with Crippen LogP contribution in [0.3, 0.4) is 0 Å². The maximum atomic E-state index is 13.4. The van der Waals surface area contributed by atoms with Gasteiger partial charge in [0, 0.05) is 47.7 Å². The van der Waals surface area contributed by atoms with Crippen molar-refractivity contribution in [3.8, 4) is 17.3 Å². The number of carbonyl (C=O) groups is 1. The summed E-state index contributed by atoms with van der Waals surface area (Å²) >= 11 is 0. The Balaban J connectivity index is 0.00000304. The highest BCUT2D eigenvalue weighted by molar-refractivity contribution is 6.00. The molecule has 9 heteroatoms. The highest BCUT2D eigenvalue weighted by atomic mass is 35.5. The van der Waals surface area contributed by atoms with Crippen LogP contribution in [0.5, 0.6) is 0 Å². The Morgan fingerprint density at radius 1 is 1.00 bits per heavy atom. The van der Waals surface area contributed by atoms with Crippen LogP contribution in [0.15, 0.2) is 72.8 Å². The highest BCUT2D eigenvalue weighted by Crippen LogP contribution is 2.32. The van der Waals surface area contributed by atoms with Crippen molar-refractivity contribution in [3.63, 3.8) is 0 Å². The molecule has 0 spiro atoms. The van der Waals surface area contributed by atoms with Gasteiger partial charge in [0.1, 0.15) is 11.5 Å². The molecule has 0 aliphatic carbocycles. The van der Waals surface area contributed by atoms with Crippen LogP contribution in [-0.2, 0) is 0 Å². The predicted octanol–water partition coefficient (Wildman–Crippen LogP) is 5.47. The number of urea groups is 1. The van der Waals surface area contributed by atoms with E-state index in [1.807, 2.05) is 31.2 Å². The number of amides is 2. The minimum absolute atomic E-state index is 0. The quantitative estimate of drug-likeness (QED) is 0.401. The first-order valence-corrected chi connectivity index (χ1v) is 11.4. The number of nitriles is 1. The molecular weight excluding hydrogens is 479 g/mol. The van der Waals surface area contributed by atoms with Crippen LogP contribution < -0.4 is 10.2 Å². The highest BCUT2D eigenvalue weighted by Gasteiger charge is 2.29. The van der Waals surface area contributed by atoms with Crippen LogP contribution in [0.2, 0.25) is 0 Å². The third-order valence-corrected chi connectivity index (χ3v) is 6.24. The molecule has 1 aliphatic heterocycles. The fraction of sp³-hybridized carbons (Fsp3) is 0.185. The summed E-state index contributed by atoms with van der Waals surface area (Å²) in [4.78, 5) is 16.8. The van der Waals surface area contributed by atoms with Gasteiger partial charge in [-0.3, -0.25) is 0 Å². The van der Waals surface area contributed by atoms with Gasteiger partial charge in [-0.25, -0.2) is 9.18 Å². The smallest absolute Gasteiger partial charge is 0.322 e. The van der Waals surface area contributed by atoms with Crippen LogP contribution in [0.4, 0.5) is 20.7 Å². The van der Waals surface area contributed by atoms with Gasteiger partial charge in [-0.2, -0.15) is 5.26 Å². The van der Waals surface area contributed by atoms with Crippen molar-refractivity contribution in [2.24, 2.45) is 0 Å². The zero-order chi connectivity index (χ0) is 24.4. The van der Waals surface area contributed by atoms with Crippen molar-refractivity contribution < 1.29 is 9.18 Å². The van der Waals surface area contributed by atoms with Crippen molar-refractivity contribution in [3.05, 3.63) is 84.2 Å². The van der Waals surface area contributed by atoms with Crippen molar-refractivity contribution in [2.75, 3.05) is 29.9 Å². The summed E-state index contributed by atoms with van der Waals surface area (Å²) < 4.78 is 13.4. The van der Waals surface area contributed by atoms with Crippen LogP contribution in [0, 0.1) is 17.1 Å². The fourth-order valence-corrected chi connectivity index (χ4v) is 4.42. The molecule has 0 unspecified atom stereocenters. The van der Waals surface area contributed by atoms with Gasteiger partial charge >= 0.3 is 6.03 Å². The van der Waals surface area contributed by atoms with Crippen LogP contribution in [-0.4, -0.2) is 46.8 Å². The fourth-order valence-electron chi connectivity index (χ4n) is 4.42. The summed E-state index contributed by atoms with van der Waals surface area (Å²) in [5, 5.41) is 22.8. The Morgan fingerprint density at radius 3 is 2.36 bits per heavy atom. The second-order valence-electron chi connectivity index (χ2n) is 8.53. The van der Waals surface area contributed by atoms with Gasteiger partial charge in [0.05, 0.1) is 11.6 Å². The first-order valence-electron chi connectivity index (χ1n) is 11.4. The third kappa shape index (κ3) is 4.92. The van der Waals surface area contributed by atoms with E-state index in [1.165, 1.54) is 12.1 Å². The van der Waals surface area contributed by atoms with Gasteiger partial charge in [0.2, 0.25) is 0 Å². The Bertz CT molecular complexity index is 1420. The first kappa shape index (κ1) is 24.9. The summed E-state index contributed by atoms with van der Waals surface area (Å²) in [6.07, 6.45) is 0. The predicted molar refractivity (Wildman–Crippen MR) is 141 cm³/mol. The van der Waals surface area contributed by atoms with Crippen molar-refractivity contribution in [2.45, 2.75) is 13.0 Å². The normalized spacial score (nSPS) is 15.2. The lowest BCUT2D eigenvalue weighted by Crippen LogP contribution is -2.55. The van der Waals surface area contributed by atoms with Gasteiger partial charge in [-0.05, 0) is 55.5 Å². The van der Waals surface area contributed by atoms with Crippen molar-refractivity contribution >= 4 is 40.7 Å². The molecule has 36 heavy (non-hydrogen) atoms. The average Bonchev–Trinajstić information content (AvgIpc) is 2.89. The van der Waals surface area contributed by atoms with E-state index in [4.69, 9.17) is 5.26 Å². The van der Waals surface area contributed by atoms with Gasteiger partial charge in [0.25, 0.3) is 0 Å². The molecule has 2 heterocycles. The number of halogens is 2. The molecule has 1 N–H and O–H groups in total. The van der Waals surface area contributed by atoms with E-state index in [2.05, 4.69) is 26.5 Å². The van der Waals surface area contributed by atoms with Crippen molar-refractivity contribution in [1.29, 1.82) is 5.26 Å².